The number of carbonyl (C=O) groups is 1. The third kappa shape index (κ3) is 4.48. The molecule has 166 valence electrons. The molecule has 0 bridgehead atoms. The number of methoxy groups -OCH3 is 2. The van der Waals surface area contributed by atoms with Gasteiger partial charge in [0.2, 0.25) is 5.75 Å². The predicted octanol–water partition coefficient (Wildman–Crippen LogP) is 4.67. The lowest BCUT2D eigenvalue weighted by atomic mass is 9.75. The molecule has 1 N–H and O–H groups in total. The first kappa shape index (κ1) is 22.5. The quantitative estimate of drug-likeness (QED) is 0.557. The van der Waals surface area contributed by atoms with Gasteiger partial charge in [-0.2, -0.15) is 0 Å². The number of ether oxygens (including phenoxy) is 4. The van der Waals surface area contributed by atoms with Gasteiger partial charge in [0.05, 0.1) is 26.7 Å². The molecule has 0 fully saturated rings. The molecular formula is C25H30O6. The van der Waals surface area contributed by atoms with Crippen molar-refractivity contribution in [3.8, 4) is 23.0 Å². The zero-order chi connectivity index (χ0) is 22.6. The maximum absolute atomic E-state index is 12.2. The van der Waals surface area contributed by atoms with Crippen molar-refractivity contribution in [2.24, 2.45) is 11.3 Å². The Morgan fingerprint density at radius 3 is 2.45 bits per heavy atom. The molecule has 31 heavy (non-hydrogen) atoms. The second-order valence-electron chi connectivity index (χ2n) is 8.18. The monoisotopic (exact) mass is 426 g/mol. The summed E-state index contributed by atoms with van der Waals surface area (Å²) in [5.74, 6) is 0.484. The van der Waals surface area contributed by atoms with E-state index >= 15 is 0 Å². The number of hydrogen-bond acceptors (Lipinski definition) is 5. The van der Waals surface area contributed by atoms with E-state index in [-0.39, 0.29) is 6.42 Å². The van der Waals surface area contributed by atoms with E-state index in [0.717, 1.165) is 11.1 Å². The summed E-state index contributed by atoms with van der Waals surface area (Å²) < 4.78 is 23.5. The van der Waals surface area contributed by atoms with Crippen LogP contribution in [0, 0.1) is 11.3 Å². The van der Waals surface area contributed by atoms with Crippen molar-refractivity contribution < 1.29 is 28.8 Å². The molecule has 0 amide bonds. The summed E-state index contributed by atoms with van der Waals surface area (Å²) in [6, 6.07) is 9.76. The van der Waals surface area contributed by atoms with Gasteiger partial charge >= 0.3 is 5.97 Å². The van der Waals surface area contributed by atoms with Crippen LogP contribution in [0.2, 0.25) is 0 Å². The maximum Gasteiger partial charge on any atom is 0.307 e. The van der Waals surface area contributed by atoms with Crippen LogP contribution in [0.25, 0.3) is 0 Å². The summed E-state index contributed by atoms with van der Waals surface area (Å²) in [6.45, 7) is 8.37. The Bertz CT molecular complexity index is 948. The molecule has 2 aromatic rings. The van der Waals surface area contributed by atoms with Gasteiger partial charge in [0.25, 0.3) is 0 Å². The highest BCUT2D eigenvalue weighted by molar-refractivity contribution is 5.74. The van der Waals surface area contributed by atoms with E-state index in [1.807, 2.05) is 44.2 Å². The van der Waals surface area contributed by atoms with E-state index in [9.17, 15) is 9.90 Å². The summed E-state index contributed by atoms with van der Waals surface area (Å²) in [6.07, 6.45) is 2.53. The molecule has 1 unspecified atom stereocenters. The summed E-state index contributed by atoms with van der Waals surface area (Å²) in [7, 11) is 3.14. The van der Waals surface area contributed by atoms with Gasteiger partial charge in [-0.15, -0.1) is 6.58 Å². The van der Waals surface area contributed by atoms with Gasteiger partial charge in [-0.3, -0.25) is 4.79 Å². The molecule has 1 aliphatic heterocycles. The van der Waals surface area contributed by atoms with Crippen LogP contribution in [0.1, 0.15) is 30.5 Å². The Kier molecular flexibility index (Phi) is 6.78. The predicted molar refractivity (Wildman–Crippen MR) is 118 cm³/mol. The largest absolute Gasteiger partial charge is 0.496 e. The number of carboxylic acids is 1. The topological polar surface area (TPSA) is 74.2 Å². The van der Waals surface area contributed by atoms with Crippen LogP contribution in [-0.2, 0) is 24.2 Å². The van der Waals surface area contributed by atoms with Crippen LogP contribution in [0.4, 0.5) is 0 Å². The summed E-state index contributed by atoms with van der Waals surface area (Å²) in [4.78, 5) is 12.2. The van der Waals surface area contributed by atoms with Crippen molar-refractivity contribution in [1.29, 1.82) is 0 Å². The molecule has 1 atom stereocenters. The molecule has 6 heteroatoms. The third-order valence-electron chi connectivity index (χ3n) is 5.87. The standard InChI is InChI=1S/C25H30O6/c1-6-25(2,3)19(24(26)27)14-18-20(28-4)17-12-13-30-21(17)23(29-5)22(18)31-15-16-10-8-7-9-11-16/h6-11,19H,1,12-15H2,2-5H3,(H,26,27). The van der Waals surface area contributed by atoms with E-state index in [1.165, 1.54) is 0 Å². The van der Waals surface area contributed by atoms with E-state index in [0.29, 0.717) is 48.2 Å². The highest BCUT2D eigenvalue weighted by Gasteiger charge is 2.38. The number of carboxylic acid groups (broad SMARTS) is 1. The lowest BCUT2D eigenvalue weighted by Crippen LogP contribution is -2.31. The van der Waals surface area contributed by atoms with Crippen LogP contribution < -0.4 is 18.9 Å². The Morgan fingerprint density at radius 2 is 1.87 bits per heavy atom. The van der Waals surface area contributed by atoms with E-state index in [1.54, 1.807) is 20.3 Å². The smallest absolute Gasteiger partial charge is 0.307 e. The number of rotatable bonds is 10. The van der Waals surface area contributed by atoms with Crippen LogP contribution in [-0.4, -0.2) is 31.9 Å². The first-order chi connectivity index (χ1) is 14.8. The maximum atomic E-state index is 12.2. The fourth-order valence-electron chi connectivity index (χ4n) is 3.92. The Morgan fingerprint density at radius 1 is 1.19 bits per heavy atom. The van der Waals surface area contributed by atoms with Gasteiger partial charge in [0, 0.05) is 17.5 Å². The molecule has 0 saturated heterocycles. The zero-order valence-electron chi connectivity index (χ0n) is 18.6. The van der Waals surface area contributed by atoms with Gasteiger partial charge in [0.1, 0.15) is 12.4 Å². The fraction of sp³-hybridized carbons (Fsp3) is 0.400. The van der Waals surface area contributed by atoms with Crippen LogP contribution in [0.3, 0.4) is 0 Å². The van der Waals surface area contributed by atoms with Crippen molar-refractivity contribution in [3.05, 3.63) is 59.7 Å². The first-order valence-electron chi connectivity index (χ1n) is 10.3. The number of hydrogen-bond donors (Lipinski definition) is 1. The van der Waals surface area contributed by atoms with Gasteiger partial charge in [0.15, 0.2) is 11.5 Å². The molecule has 0 aromatic heterocycles. The van der Waals surface area contributed by atoms with Gasteiger partial charge in [-0.1, -0.05) is 50.3 Å². The van der Waals surface area contributed by atoms with Crippen molar-refractivity contribution in [3.63, 3.8) is 0 Å². The minimum atomic E-state index is -0.906. The number of fused-ring (bicyclic) bond motifs is 1. The zero-order valence-corrected chi connectivity index (χ0v) is 18.6. The fourth-order valence-corrected chi connectivity index (χ4v) is 3.92. The van der Waals surface area contributed by atoms with Gasteiger partial charge in [-0.05, 0) is 17.4 Å². The average Bonchev–Trinajstić information content (AvgIpc) is 3.24. The third-order valence-corrected chi connectivity index (χ3v) is 5.87. The molecule has 2 aromatic carbocycles. The molecule has 3 rings (SSSR count). The molecule has 6 nitrogen and oxygen atoms in total. The normalized spacial score (nSPS) is 13.7. The molecule has 1 aliphatic rings. The van der Waals surface area contributed by atoms with E-state index in [4.69, 9.17) is 18.9 Å². The second kappa shape index (κ2) is 9.33. The Balaban J connectivity index is 2.14. The second-order valence-corrected chi connectivity index (χ2v) is 8.18. The van der Waals surface area contributed by atoms with Crippen LogP contribution in [0.15, 0.2) is 43.0 Å². The first-order valence-corrected chi connectivity index (χ1v) is 10.3. The van der Waals surface area contributed by atoms with Crippen molar-refractivity contribution in [2.45, 2.75) is 33.3 Å². The summed E-state index contributed by atoms with van der Waals surface area (Å²) in [5, 5.41) is 10.00. The van der Waals surface area contributed by atoms with Crippen LogP contribution in [0.5, 0.6) is 23.0 Å². The number of allylic oxidation sites excluding steroid dienone is 1. The molecule has 0 spiro atoms. The number of aliphatic carboxylic acids is 1. The van der Waals surface area contributed by atoms with E-state index < -0.39 is 17.3 Å². The molecule has 0 radical (unpaired) electrons. The Labute approximate surface area is 183 Å². The highest BCUT2D eigenvalue weighted by Crippen LogP contribution is 2.52. The SMILES string of the molecule is C=CC(C)(C)C(Cc1c(OC)c2c(c(OC)c1OCc1ccccc1)OCC2)C(=O)O. The molecular weight excluding hydrogens is 396 g/mol. The lowest BCUT2D eigenvalue weighted by molar-refractivity contribution is -0.144. The molecule has 0 saturated carbocycles. The lowest BCUT2D eigenvalue weighted by Gasteiger charge is -2.30. The van der Waals surface area contributed by atoms with Crippen molar-refractivity contribution in [1.82, 2.24) is 0 Å². The summed E-state index contributed by atoms with van der Waals surface area (Å²) >= 11 is 0. The average molecular weight is 427 g/mol. The van der Waals surface area contributed by atoms with Gasteiger partial charge < -0.3 is 24.1 Å². The van der Waals surface area contributed by atoms with Crippen molar-refractivity contribution >= 4 is 5.97 Å². The Hall–Kier alpha value is -3.15. The van der Waals surface area contributed by atoms with Crippen molar-refractivity contribution in [2.75, 3.05) is 20.8 Å². The highest BCUT2D eigenvalue weighted by atomic mass is 16.5. The molecule has 0 aliphatic carbocycles. The van der Waals surface area contributed by atoms with Crippen LogP contribution >= 0.6 is 0 Å². The minimum Gasteiger partial charge on any atom is -0.496 e. The van der Waals surface area contributed by atoms with Gasteiger partial charge in [-0.25, -0.2) is 0 Å². The minimum absolute atomic E-state index is 0.200. The number of benzene rings is 2. The van der Waals surface area contributed by atoms with E-state index in [2.05, 4.69) is 6.58 Å². The summed E-state index contributed by atoms with van der Waals surface area (Å²) in [5.41, 5.74) is 1.89. The molecule has 1 heterocycles.